The topological polar surface area (TPSA) is 137 Å². The second kappa shape index (κ2) is 10.8. The van der Waals surface area contributed by atoms with Gasteiger partial charge in [0.2, 0.25) is 11.8 Å². The minimum atomic E-state index is -0.744. The number of nitrogens with zero attached hydrogens (tertiary/aromatic N) is 3. The standard InChI is InChI=1S/C34H24BrN3O7/c1-17-12-20-13-24(17)31-30(20)32(40)37(33(31)41)22-7-2-18(3-8-22)28-15-26(25-14-21(35)6-11-27(25)36-28)34(42)45-16-29(39)19-4-9-23(10-5-19)38(43)44/h2-12,14-15,20,24,30-31H,13,16H2,1H3. The summed E-state index contributed by atoms with van der Waals surface area (Å²) in [5, 5.41) is 11.4. The van der Waals surface area contributed by atoms with E-state index in [4.69, 9.17) is 9.72 Å². The minimum Gasteiger partial charge on any atom is -0.454 e. The van der Waals surface area contributed by atoms with Crippen LogP contribution in [0.25, 0.3) is 22.2 Å². The molecule has 4 unspecified atom stereocenters. The van der Waals surface area contributed by atoms with Crippen LogP contribution in [0.4, 0.5) is 11.4 Å². The number of carbonyl (C=O) groups excluding carboxylic acids is 4. The monoisotopic (exact) mass is 665 g/mol. The predicted molar refractivity (Wildman–Crippen MR) is 167 cm³/mol. The summed E-state index contributed by atoms with van der Waals surface area (Å²) in [6, 6.07) is 18.8. The number of nitro groups is 1. The Morgan fingerprint density at radius 3 is 2.42 bits per heavy atom. The van der Waals surface area contributed by atoms with E-state index in [2.05, 4.69) is 22.0 Å². The fourth-order valence-corrected chi connectivity index (χ4v) is 7.25. The van der Waals surface area contributed by atoms with Crippen molar-refractivity contribution in [3.05, 3.63) is 110 Å². The number of hydrogen-bond acceptors (Lipinski definition) is 8. The number of imide groups is 1. The van der Waals surface area contributed by atoms with Gasteiger partial charge in [0.05, 0.1) is 39.2 Å². The third-order valence-corrected chi connectivity index (χ3v) is 9.52. The molecule has 1 saturated carbocycles. The van der Waals surface area contributed by atoms with Crippen LogP contribution in [0, 0.1) is 33.8 Å². The largest absolute Gasteiger partial charge is 0.454 e. The normalized spacial score (nSPS) is 21.6. The Kier molecular flexibility index (Phi) is 6.92. The maximum absolute atomic E-state index is 13.4. The zero-order valence-corrected chi connectivity index (χ0v) is 25.4. The Hall–Kier alpha value is -5.03. The molecule has 1 aliphatic heterocycles. The van der Waals surface area contributed by atoms with Crippen molar-refractivity contribution < 1.29 is 28.8 Å². The van der Waals surface area contributed by atoms with Crippen LogP contribution < -0.4 is 4.90 Å². The lowest BCUT2D eigenvalue weighted by Crippen LogP contribution is -2.32. The Morgan fingerprint density at radius 1 is 1.00 bits per heavy atom. The quantitative estimate of drug-likeness (QED) is 0.0559. The van der Waals surface area contributed by atoms with Gasteiger partial charge in [-0.1, -0.05) is 39.7 Å². The highest BCUT2D eigenvalue weighted by atomic mass is 79.9. The molecule has 45 heavy (non-hydrogen) atoms. The molecule has 224 valence electrons. The summed E-state index contributed by atoms with van der Waals surface area (Å²) < 4.78 is 6.10. The summed E-state index contributed by atoms with van der Waals surface area (Å²) in [4.78, 5) is 69.1. The summed E-state index contributed by atoms with van der Waals surface area (Å²) in [5.74, 6) is -1.91. The van der Waals surface area contributed by atoms with E-state index in [1.807, 2.05) is 6.92 Å². The Bertz CT molecular complexity index is 1990. The molecule has 2 fully saturated rings. The van der Waals surface area contributed by atoms with Gasteiger partial charge in [-0.2, -0.15) is 0 Å². The number of rotatable bonds is 7. The van der Waals surface area contributed by atoms with Crippen LogP contribution in [0.2, 0.25) is 0 Å². The number of hydrogen-bond donors (Lipinski definition) is 0. The number of halogens is 1. The van der Waals surface area contributed by atoms with Gasteiger partial charge in [0.25, 0.3) is 5.69 Å². The lowest BCUT2D eigenvalue weighted by molar-refractivity contribution is -0.384. The van der Waals surface area contributed by atoms with Crippen LogP contribution in [-0.2, 0) is 14.3 Å². The number of Topliss-reactive ketones (excluding diaryl/α,β-unsaturated/α-hetero) is 1. The van der Waals surface area contributed by atoms with Crippen LogP contribution in [0.15, 0.2) is 88.9 Å². The second-order valence-electron chi connectivity index (χ2n) is 11.5. The van der Waals surface area contributed by atoms with Gasteiger partial charge in [0.1, 0.15) is 0 Å². The minimum absolute atomic E-state index is 0.116. The van der Waals surface area contributed by atoms with E-state index in [9.17, 15) is 29.3 Å². The van der Waals surface area contributed by atoms with Gasteiger partial charge in [0, 0.05) is 33.1 Å². The third-order valence-electron chi connectivity index (χ3n) is 9.03. The van der Waals surface area contributed by atoms with Gasteiger partial charge in [0.15, 0.2) is 12.4 Å². The molecule has 7 rings (SSSR count). The SMILES string of the molecule is CC1=CC2CC1C1C(=O)N(c3ccc(-c4cc(C(=O)OCC(=O)c5ccc([N+](=O)[O-])cc5)c5cc(Br)ccc5n4)cc3)C(=O)C21. The molecule has 10 nitrogen and oxygen atoms in total. The van der Waals surface area contributed by atoms with Gasteiger partial charge in [-0.15, -0.1) is 0 Å². The molecule has 0 spiro atoms. The molecule has 4 atom stereocenters. The predicted octanol–water partition coefficient (Wildman–Crippen LogP) is 6.31. The molecule has 1 aromatic heterocycles. The highest BCUT2D eigenvalue weighted by molar-refractivity contribution is 9.10. The number of nitro benzene ring substituents is 1. The zero-order chi connectivity index (χ0) is 31.6. The van der Waals surface area contributed by atoms with Crippen LogP contribution >= 0.6 is 15.9 Å². The number of ether oxygens (including phenoxy) is 1. The van der Waals surface area contributed by atoms with Crippen LogP contribution in [-0.4, -0.2) is 40.1 Å². The number of esters is 1. The van der Waals surface area contributed by atoms with Crippen molar-refractivity contribution in [3.63, 3.8) is 0 Å². The number of benzene rings is 3. The van der Waals surface area contributed by atoms with E-state index in [-0.39, 0.29) is 52.3 Å². The lowest BCUT2D eigenvalue weighted by Gasteiger charge is -2.19. The van der Waals surface area contributed by atoms with E-state index < -0.39 is 23.3 Å². The Balaban J connectivity index is 1.14. The number of anilines is 1. The molecular formula is C34H24BrN3O7. The van der Waals surface area contributed by atoms with E-state index in [1.165, 1.54) is 34.7 Å². The molecule has 1 saturated heterocycles. The number of pyridine rings is 1. The molecule has 3 aromatic carbocycles. The fourth-order valence-electron chi connectivity index (χ4n) is 6.89. The highest BCUT2D eigenvalue weighted by Crippen LogP contribution is 2.56. The summed E-state index contributed by atoms with van der Waals surface area (Å²) in [5.41, 5.74) is 3.52. The van der Waals surface area contributed by atoms with Gasteiger partial charge >= 0.3 is 5.97 Å². The molecule has 11 heteroatoms. The average Bonchev–Trinajstić information content (AvgIpc) is 3.68. The molecule has 0 N–H and O–H groups in total. The summed E-state index contributed by atoms with van der Waals surface area (Å²) in [6.45, 7) is 1.47. The Morgan fingerprint density at radius 2 is 1.71 bits per heavy atom. The second-order valence-corrected chi connectivity index (χ2v) is 12.5. The molecular weight excluding hydrogens is 642 g/mol. The number of fused-ring (bicyclic) bond motifs is 6. The number of ketones is 1. The fraction of sp³-hybridized carbons (Fsp3) is 0.206. The lowest BCUT2D eigenvalue weighted by atomic mass is 9.82. The molecule has 2 aliphatic carbocycles. The number of amides is 2. The summed E-state index contributed by atoms with van der Waals surface area (Å²) >= 11 is 3.43. The van der Waals surface area contributed by atoms with Crippen molar-refractivity contribution >= 4 is 61.8 Å². The number of non-ortho nitro benzene ring substituents is 1. The van der Waals surface area contributed by atoms with Crippen LogP contribution in [0.3, 0.4) is 0 Å². The molecule has 2 amide bonds. The van der Waals surface area contributed by atoms with Gasteiger partial charge in [-0.25, -0.2) is 9.78 Å². The Labute approximate surface area is 265 Å². The van der Waals surface area contributed by atoms with Crippen molar-refractivity contribution in [1.29, 1.82) is 0 Å². The van der Waals surface area contributed by atoms with E-state index in [1.54, 1.807) is 48.5 Å². The molecule has 3 aliphatic rings. The van der Waals surface area contributed by atoms with Crippen molar-refractivity contribution in [2.24, 2.45) is 23.7 Å². The van der Waals surface area contributed by atoms with Crippen LogP contribution in [0.1, 0.15) is 34.1 Å². The van der Waals surface area contributed by atoms with Crippen LogP contribution in [0.5, 0.6) is 0 Å². The zero-order valence-electron chi connectivity index (χ0n) is 23.8. The van der Waals surface area contributed by atoms with Gasteiger partial charge < -0.3 is 4.74 Å². The number of aromatic nitrogens is 1. The van der Waals surface area contributed by atoms with E-state index >= 15 is 0 Å². The maximum atomic E-state index is 13.4. The first-order valence-electron chi connectivity index (χ1n) is 14.3. The van der Waals surface area contributed by atoms with Crippen molar-refractivity contribution in [2.45, 2.75) is 13.3 Å². The number of allylic oxidation sites excluding steroid dienone is 2. The van der Waals surface area contributed by atoms with E-state index in [0.717, 1.165) is 6.42 Å². The molecule has 4 aromatic rings. The first-order valence-corrected chi connectivity index (χ1v) is 15.1. The molecule has 2 bridgehead atoms. The maximum Gasteiger partial charge on any atom is 0.339 e. The molecule has 2 heterocycles. The molecule has 0 radical (unpaired) electrons. The van der Waals surface area contributed by atoms with Gasteiger partial charge in [-0.05, 0) is 73.7 Å². The third kappa shape index (κ3) is 4.83. The summed E-state index contributed by atoms with van der Waals surface area (Å²) in [6.07, 6.45) is 3.01. The number of carbonyl (C=O) groups is 4. The smallest absolute Gasteiger partial charge is 0.339 e. The van der Waals surface area contributed by atoms with Crippen molar-refractivity contribution in [1.82, 2.24) is 4.98 Å². The summed E-state index contributed by atoms with van der Waals surface area (Å²) in [7, 11) is 0. The first kappa shape index (κ1) is 28.7. The highest BCUT2D eigenvalue weighted by Gasteiger charge is 2.60. The first-order chi connectivity index (χ1) is 21.6. The van der Waals surface area contributed by atoms with Crippen molar-refractivity contribution in [3.8, 4) is 11.3 Å². The van der Waals surface area contributed by atoms with Crippen molar-refractivity contribution in [2.75, 3.05) is 11.5 Å². The van der Waals surface area contributed by atoms with Gasteiger partial charge in [-0.3, -0.25) is 29.4 Å². The average molecular weight is 666 g/mol. The van der Waals surface area contributed by atoms with E-state index in [0.29, 0.717) is 32.3 Å².